The van der Waals surface area contributed by atoms with Crippen molar-refractivity contribution in [2.24, 2.45) is 0 Å². The van der Waals surface area contributed by atoms with Gasteiger partial charge >= 0.3 is 0 Å². The van der Waals surface area contributed by atoms with Crippen LogP contribution in [0.3, 0.4) is 0 Å². The summed E-state index contributed by atoms with van der Waals surface area (Å²) in [4.78, 5) is 32.5. The number of nitriles is 1. The van der Waals surface area contributed by atoms with Gasteiger partial charge in [-0.15, -0.1) is 0 Å². The third kappa shape index (κ3) is 6.06. The third-order valence-electron chi connectivity index (χ3n) is 7.23. The van der Waals surface area contributed by atoms with E-state index < -0.39 is 5.25 Å². The second-order valence-electron chi connectivity index (χ2n) is 10.2. The van der Waals surface area contributed by atoms with Gasteiger partial charge in [-0.05, 0) is 48.4 Å². The molecule has 0 N–H and O–H groups in total. The minimum absolute atomic E-state index is 0.0300. The van der Waals surface area contributed by atoms with Crippen LogP contribution in [0.4, 0.5) is 5.69 Å². The molecule has 1 fully saturated rings. The van der Waals surface area contributed by atoms with Crippen molar-refractivity contribution in [3.63, 3.8) is 0 Å². The molecule has 1 aromatic heterocycles. The summed E-state index contributed by atoms with van der Waals surface area (Å²) < 4.78 is 5.96. The predicted molar refractivity (Wildman–Crippen MR) is 169 cm³/mol. The SMILES string of the molecule is Cc1ccc(N2C(=O)CC(Sc3nc(-c4ccccc4)cc(-c4ccc(OCc5ccccc5)cc4)c3C#N)C2=O)cc1. The molecule has 6 rings (SSSR count). The molecule has 210 valence electrons. The Morgan fingerprint density at radius 1 is 0.884 bits per heavy atom. The van der Waals surface area contributed by atoms with E-state index in [-0.39, 0.29) is 18.2 Å². The van der Waals surface area contributed by atoms with Gasteiger partial charge < -0.3 is 4.74 Å². The van der Waals surface area contributed by atoms with Crippen LogP contribution in [0, 0.1) is 18.3 Å². The summed E-state index contributed by atoms with van der Waals surface area (Å²) >= 11 is 1.17. The molecule has 0 bridgehead atoms. The van der Waals surface area contributed by atoms with Crippen LogP contribution >= 0.6 is 11.8 Å². The lowest BCUT2D eigenvalue weighted by molar-refractivity contribution is -0.121. The molecule has 4 aromatic carbocycles. The summed E-state index contributed by atoms with van der Waals surface area (Å²) in [5, 5.41) is 10.1. The number of aryl methyl sites for hydroxylation is 1. The molecular formula is C36H27N3O3S. The Morgan fingerprint density at radius 3 is 2.23 bits per heavy atom. The van der Waals surface area contributed by atoms with E-state index >= 15 is 0 Å². The number of hydrogen-bond acceptors (Lipinski definition) is 6. The summed E-state index contributed by atoms with van der Waals surface area (Å²) in [6, 6.07) is 38.8. The zero-order chi connectivity index (χ0) is 29.8. The van der Waals surface area contributed by atoms with Crippen molar-refractivity contribution in [2.45, 2.75) is 30.2 Å². The highest BCUT2D eigenvalue weighted by molar-refractivity contribution is 8.00. The quantitative estimate of drug-likeness (QED) is 0.176. The van der Waals surface area contributed by atoms with Crippen LogP contribution in [-0.4, -0.2) is 22.0 Å². The molecule has 1 saturated heterocycles. The topological polar surface area (TPSA) is 83.3 Å². The number of carbonyl (C=O) groups excluding carboxylic acids is 2. The maximum atomic E-state index is 13.5. The average molecular weight is 582 g/mol. The van der Waals surface area contributed by atoms with Crippen LogP contribution in [0.1, 0.15) is 23.1 Å². The van der Waals surface area contributed by atoms with E-state index in [1.165, 1.54) is 16.7 Å². The second-order valence-corrected chi connectivity index (χ2v) is 11.4. The van der Waals surface area contributed by atoms with E-state index in [1.807, 2.05) is 110 Å². The maximum Gasteiger partial charge on any atom is 0.247 e. The first-order valence-electron chi connectivity index (χ1n) is 13.9. The Kier molecular flexibility index (Phi) is 8.03. The van der Waals surface area contributed by atoms with Crippen LogP contribution < -0.4 is 9.64 Å². The summed E-state index contributed by atoms with van der Waals surface area (Å²) in [6.45, 7) is 2.40. The molecule has 6 nitrogen and oxygen atoms in total. The molecule has 0 radical (unpaired) electrons. The zero-order valence-electron chi connectivity index (χ0n) is 23.4. The van der Waals surface area contributed by atoms with E-state index in [0.717, 1.165) is 22.3 Å². The lowest BCUT2D eigenvalue weighted by Crippen LogP contribution is -2.31. The number of ether oxygens (including phenoxy) is 1. The van der Waals surface area contributed by atoms with Gasteiger partial charge in [0.15, 0.2) is 0 Å². The van der Waals surface area contributed by atoms with Gasteiger partial charge in [-0.1, -0.05) is 102 Å². The molecule has 5 aromatic rings. The Bertz CT molecular complexity index is 1820. The van der Waals surface area contributed by atoms with E-state index in [0.29, 0.717) is 39.9 Å². The predicted octanol–water partition coefficient (Wildman–Crippen LogP) is 7.60. The number of benzene rings is 4. The van der Waals surface area contributed by atoms with Gasteiger partial charge in [0, 0.05) is 17.5 Å². The molecule has 2 heterocycles. The molecule has 1 aliphatic rings. The van der Waals surface area contributed by atoms with Crippen molar-refractivity contribution in [1.29, 1.82) is 5.26 Å². The highest BCUT2D eigenvalue weighted by Gasteiger charge is 2.41. The van der Waals surface area contributed by atoms with Crippen molar-refractivity contribution in [3.05, 3.63) is 132 Å². The first kappa shape index (κ1) is 28.0. The van der Waals surface area contributed by atoms with Crippen LogP contribution in [0.2, 0.25) is 0 Å². The van der Waals surface area contributed by atoms with Gasteiger partial charge in [-0.25, -0.2) is 9.88 Å². The van der Waals surface area contributed by atoms with Crippen molar-refractivity contribution in [2.75, 3.05) is 4.90 Å². The number of rotatable bonds is 8. The minimum Gasteiger partial charge on any atom is -0.489 e. The highest BCUT2D eigenvalue weighted by atomic mass is 32.2. The van der Waals surface area contributed by atoms with E-state index in [9.17, 15) is 14.9 Å². The zero-order valence-corrected chi connectivity index (χ0v) is 24.3. The summed E-state index contributed by atoms with van der Waals surface area (Å²) in [6.07, 6.45) is 0.0300. The van der Waals surface area contributed by atoms with Gasteiger partial charge in [0.2, 0.25) is 11.8 Å². The van der Waals surface area contributed by atoms with Crippen molar-refractivity contribution < 1.29 is 14.3 Å². The largest absolute Gasteiger partial charge is 0.489 e. The molecule has 7 heteroatoms. The number of carbonyl (C=O) groups is 2. The molecule has 0 saturated carbocycles. The fraction of sp³-hybridized carbons (Fsp3) is 0.111. The van der Waals surface area contributed by atoms with Crippen molar-refractivity contribution >= 4 is 29.3 Å². The Balaban J connectivity index is 1.33. The smallest absolute Gasteiger partial charge is 0.247 e. The van der Waals surface area contributed by atoms with Crippen molar-refractivity contribution in [3.8, 4) is 34.2 Å². The van der Waals surface area contributed by atoms with Gasteiger partial charge in [0.05, 0.1) is 22.2 Å². The minimum atomic E-state index is -0.693. The molecular weight excluding hydrogens is 554 g/mol. The second kappa shape index (κ2) is 12.4. The number of aromatic nitrogens is 1. The standard InChI is InChI=1S/C36H27N3O3S/c1-24-12-16-28(17-13-24)39-34(40)21-33(36(39)41)43-35-31(22-37)30(20-32(38-35)27-10-6-3-7-11-27)26-14-18-29(19-15-26)42-23-25-8-4-2-5-9-25/h2-20,33H,21,23H2,1H3. The van der Waals surface area contributed by atoms with Crippen LogP contribution in [0.5, 0.6) is 5.75 Å². The molecule has 1 aliphatic heterocycles. The lowest BCUT2D eigenvalue weighted by Gasteiger charge is -2.16. The average Bonchev–Trinajstić information content (AvgIpc) is 3.33. The third-order valence-corrected chi connectivity index (χ3v) is 8.40. The maximum absolute atomic E-state index is 13.5. The number of imide groups is 1. The lowest BCUT2D eigenvalue weighted by atomic mass is 9.99. The monoisotopic (exact) mass is 581 g/mol. The summed E-state index contributed by atoms with van der Waals surface area (Å²) in [5.41, 5.74) is 6.09. The van der Waals surface area contributed by atoms with Gasteiger partial charge in [-0.3, -0.25) is 9.59 Å². The van der Waals surface area contributed by atoms with E-state index in [4.69, 9.17) is 9.72 Å². The van der Waals surface area contributed by atoms with Gasteiger partial charge in [0.25, 0.3) is 0 Å². The molecule has 0 spiro atoms. The fourth-order valence-electron chi connectivity index (χ4n) is 4.97. The number of amides is 2. The van der Waals surface area contributed by atoms with E-state index in [1.54, 1.807) is 12.1 Å². The number of hydrogen-bond donors (Lipinski definition) is 0. The van der Waals surface area contributed by atoms with Crippen LogP contribution in [-0.2, 0) is 16.2 Å². The number of pyridine rings is 1. The summed E-state index contributed by atoms with van der Waals surface area (Å²) in [7, 11) is 0. The Morgan fingerprint density at radius 2 is 1.56 bits per heavy atom. The van der Waals surface area contributed by atoms with Crippen molar-refractivity contribution in [1.82, 2.24) is 4.98 Å². The Labute approximate surface area is 254 Å². The molecule has 2 amide bonds. The van der Waals surface area contributed by atoms with Crippen LogP contribution in [0.25, 0.3) is 22.4 Å². The molecule has 0 aliphatic carbocycles. The van der Waals surface area contributed by atoms with E-state index in [2.05, 4.69) is 6.07 Å². The molecule has 1 unspecified atom stereocenters. The van der Waals surface area contributed by atoms with Gasteiger partial charge in [-0.2, -0.15) is 5.26 Å². The molecule has 1 atom stereocenters. The molecule has 43 heavy (non-hydrogen) atoms. The highest BCUT2D eigenvalue weighted by Crippen LogP contribution is 2.39. The normalized spacial score (nSPS) is 14.5. The van der Waals surface area contributed by atoms with Crippen LogP contribution in [0.15, 0.2) is 120 Å². The fourth-order valence-corrected chi connectivity index (χ4v) is 6.09. The Hall–Kier alpha value is -5.19. The first-order chi connectivity index (χ1) is 21.0. The first-order valence-corrected chi connectivity index (χ1v) is 14.8. The number of anilines is 1. The number of nitrogens with zero attached hydrogens (tertiary/aromatic N) is 3. The summed E-state index contributed by atoms with van der Waals surface area (Å²) in [5.74, 6) is 0.135. The number of thioether (sulfide) groups is 1. The van der Waals surface area contributed by atoms with Gasteiger partial charge in [0.1, 0.15) is 23.5 Å².